The fourth-order valence-electron chi connectivity index (χ4n) is 2.05. The van der Waals surface area contributed by atoms with Gasteiger partial charge < -0.3 is 10.0 Å². The van der Waals surface area contributed by atoms with Crippen molar-refractivity contribution >= 4 is 17.5 Å². The van der Waals surface area contributed by atoms with Gasteiger partial charge in [-0.2, -0.15) is 0 Å². The van der Waals surface area contributed by atoms with E-state index in [1.165, 1.54) is 6.07 Å². The minimum Gasteiger partial charge on any atom is -0.508 e. The first-order valence-electron chi connectivity index (χ1n) is 6.27. The predicted molar refractivity (Wildman–Crippen MR) is 80.1 cm³/mol. The van der Waals surface area contributed by atoms with Gasteiger partial charge in [0.1, 0.15) is 5.75 Å². The van der Waals surface area contributed by atoms with Crippen molar-refractivity contribution in [3.05, 3.63) is 64.2 Å². The Kier molecular flexibility index (Phi) is 4.30. The van der Waals surface area contributed by atoms with Gasteiger partial charge in [-0.05, 0) is 42.3 Å². The maximum absolute atomic E-state index is 12.4. The summed E-state index contributed by atoms with van der Waals surface area (Å²) in [6.07, 6.45) is 0. The first kappa shape index (κ1) is 14.4. The lowest BCUT2D eigenvalue weighted by Gasteiger charge is -2.19. The molecule has 0 aliphatic carbocycles. The van der Waals surface area contributed by atoms with Gasteiger partial charge in [-0.1, -0.05) is 29.8 Å². The molecule has 0 bridgehead atoms. The summed E-state index contributed by atoms with van der Waals surface area (Å²) >= 11 is 6.10. The molecule has 2 rings (SSSR count). The summed E-state index contributed by atoms with van der Waals surface area (Å²) in [5.74, 6) is 0.0650. The molecular formula is C16H16ClNO2. The number of aromatic hydroxyl groups is 1. The average molecular weight is 290 g/mol. The number of nitrogens with zero attached hydrogens (tertiary/aromatic N) is 1. The molecule has 0 atom stereocenters. The van der Waals surface area contributed by atoms with Crippen LogP contribution in [0.5, 0.6) is 5.75 Å². The van der Waals surface area contributed by atoms with Crippen LogP contribution in [0.15, 0.2) is 42.5 Å². The fourth-order valence-corrected chi connectivity index (χ4v) is 2.24. The van der Waals surface area contributed by atoms with Crippen molar-refractivity contribution in [1.82, 2.24) is 4.90 Å². The Labute approximate surface area is 123 Å². The Morgan fingerprint density at radius 1 is 1.25 bits per heavy atom. The van der Waals surface area contributed by atoms with E-state index >= 15 is 0 Å². The first-order valence-corrected chi connectivity index (χ1v) is 6.65. The number of benzene rings is 2. The molecule has 1 N–H and O–H groups in total. The molecule has 0 radical (unpaired) electrons. The van der Waals surface area contributed by atoms with Crippen molar-refractivity contribution < 1.29 is 9.90 Å². The Balaban J connectivity index is 2.19. The van der Waals surface area contributed by atoms with Crippen LogP contribution in [0.1, 0.15) is 21.5 Å². The monoisotopic (exact) mass is 289 g/mol. The molecule has 0 spiro atoms. The van der Waals surface area contributed by atoms with Crippen molar-refractivity contribution in [2.45, 2.75) is 13.5 Å². The van der Waals surface area contributed by atoms with Gasteiger partial charge in [-0.15, -0.1) is 0 Å². The highest BCUT2D eigenvalue weighted by atomic mass is 35.5. The van der Waals surface area contributed by atoms with Crippen LogP contribution in [0, 0.1) is 6.92 Å². The third-order valence-corrected chi connectivity index (χ3v) is 3.52. The highest BCUT2D eigenvalue weighted by molar-refractivity contribution is 6.31. The second kappa shape index (κ2) is 5.97. The SMILES string of the molecule is Cc1cc(O)ccc1C(=O)N(C)Cc1ccccc1Cl. The number of hydrogen-bond acceptors (Lipinski definition) is 2. The molecule has 3 nitrogen and oxygen atoms in total. The van der Waals surface area contributed by atoms with E-state index in [1.807, 2.05) is 18.2 Å². The van der Waals surface area contributed by atoms with E-state index in [0.29, 0.717) is 17.1 Å². The van der Waals surface area contributed by atoms with Crippen LogP contribution in [0.2, 0.25) is 5.02 Å². The van der Waals surface area contributed by atoms with Gasteiger partial charge in [-0.3, -0.25) is 4.79 Å². The van der Waals surface area contributed by atoms with Gasteiger partial charge in [0.25, 0.3) is 5.91 Å². The van der Waals surface area contributed by atoms with Gasteiger partial charge in [0.15, 0.2) is 0 Å². The molecule has 0 saturated carbocycles. The molecule has 20 heavy (non-hydrogen) atoms. The average Bonchev–Trinajstić information content (AvgIpc) is 2.40. The van der Waals surface area contributed by atoms with E-state index in [0.717, 1.165) is 11.1 Å². The second-order valence-corrected chi connectivity index (χ2v) is 5.16. The van der Waals surface area contributed by atoms with E-state index < -0.39 is 0 Å². The Morgan fingerprint density at radius 3 is 2.60 bits per heavy atom. The lowest BCUT2D eigenvalue weighted by atomic mass is 10.1. The van der Waals surface area contributed by atoms with Crippen LogP contribution in [-0.2, 0) is 6.54 Å². The number of phenols is 1. The summed E-state index contributed by atoms with van der Waals surface area (Å²) in [6, 6.07) is 12.2. The van der Waals surface area contributed by atoms with Crippen LogP contribution >= 0.6 is 11.6 Å². The summed E-state index contributed by atoms with van der Waals surface area (Å²) in [5, 5.41) is 10.0. The topological polar surface area (TPSA) is 40.5 Å². The summed E-state index contributed by atoms with van der Waals surface area (Å²) < 4.78 is 0. The van der Waals surface area contributed by atoms with Crippen LogP contribution in [0.3, 0.4) is 0 Å². The molecule has 0 aliphatic rings. The summed E-state index contributed by atoms with van der Waals surface area (Å²) in [6.45, 7) is 2.25. The van der Waals surface area contributed by atoms with Gasteiger partial charge in [0.05, 0.1) is 0 Å². The zero-order valence-electron chi connectivity index (χ0n) is 11.4. The molecule has 2 aromatic carbocycles. The molecule has 0 unspecified atom stereocenters. The molecule has 1 amide bonds. The van der Waals surface area contributed by atoms with Crippen molar-refractivity contribution in [1.29, 1.82) is 0 Å². The van der Waals surface area contributed by atoms with Gasteiger partial charge in [0, 0.05) is 24.2 Å². The minimum atomic E-state index is -0.0950. The standard InChI is InChI=1S/C16H16ClNO2/c1-11-9-13(19)7-8-14(11)16(20)18(2)10-12-5-3-4-6-15(12)17/h3-9,19H,10H2,1-2H3. The molecule has 0 fully saturated rings. The number of halogens is 1. The van der Waals surface area contributed by atoms with Gasteiger partial charge >= 0.3 is 0 Å². The Hall–Kier alpha value is -2.00. The minimum absolute atomic E-state index is 0.0950. The lowest BCUT2D eigenvalue weighted by molar-refractivity contribution is 0.0784. The third-order valence-electron chi connectivity index (χ3n) is 3.15. The van der Waals surface area contributed by atoms with Crippen LogP contribution < -0.4 is 0 Å². The lowest BCUT2D eigenvalue weighted by Crippen LogP contribution is -2.26. The molecule has 0 heterocycles. The quantitative estimate of drug-likeness (QED) is 0.937. The number of carbonyl (C=O) groups excluding carboxylic acids is 1. The molecular weight excluding hydrogens is 274 g/mol. The highest BCUT2D eigenvalue weighted by Crippen LogP contribution is 2.20. The van der Waals surface area contributed by atoms with Crippen molar-refractivity contribution in [2.24, 2.45) is 0 Å². The normalized spacial score (nSPS) is 10.3. The van der Waals surface area contributed by atoms with E-state index in [2.05, 4.69) is 0 Å². The van der Waals surface area contributed by atoms with Gasteiger partial charge in [-0.25, -0.2) is 0 Å². The maximum Gasteiger partial charge on any atom is 0.254 e. The smallest absolute Gasteiger partial charge is 0.254 e. The van der Waals surface area contributed by atoms with Crippen LogP contribution in [0.4, 0.5) is 0 Å². The largest absolute Gasteiger partial charge is 0.508 e. The number of amides is 1. The maximum atomic E-state index is 12.4. The summed E-state index contributed by atoms with van der Waals surface area (Å²) in [5.41, 5.74) is 2.24. The van der Waals surface area contributed by atoms with E-state index in [-0.39, 0.29) is 11.7 Å². The Bertz CT molecular complexity index is 640. The molecule has 0 saturated heterocycles. The predicted octanol–water partition coefficient (Wildman–Crippen LogP) is 3.63. The fraction of sp³-hybridized carbons (Fsp3) is 0.188. The zero-order valence-corrected chi connectivity index (χ0v) is 12.2. The molecule has 104 valence electrons. The molecule has 4 heteroatoms. The molecule has 0 aliphatic heterocycles. The van der Waals surface area contributed by atoms with Gasteiger partial charge in [0.2, 0.25) is 0 Å². The van der Waals surface area contributed by atoms with Crippen molar-refractivity contribution in [2.75, 3.05) is 7.05 Å². The number of hydrogen-bond donors (Lipinski definition) is 1. The molecule has 2 aromatic rings. The van der Waals surface area contributed by atoms with E-state index in [4.69, 9.17) is 11.6 Å². The van der Waals surface area contributed by atoms with E-state index in [1.54, 1.807) is 37.1 Å². The van der Waals surface area contributed by atoms with Crippen molar-refractivity contribution in [3.63, 3.8) is 0 Å². The zero-order chi connectivity index (χ0) is 14.7. The van der Waals surface area contributed by atoms with Crippen LogP contribution in [-0.4, -0.2) is 23.0 Å². The summed E-state index contributed by atoms with van der Waals surface area (Å²) in [7, 11) is 1.73. The number of phenolic OH excluding ortho intramolecular Hbond substituents is 1. The van der Waals surface area contributed by atoms with Crippen LogP contribution in [0.25, 0.3) is 0 Å². The molecule has 0 aromatic heterocycles. The van der Waals surface area contributed by atoms with E-state index in [9.17, 15) is 9.90 Å². The first-order chi connectivity index (χ1) is 9.49. The Morgan fingerprint density at radius 2 is 1.95 bits per heavy atom. The summed E-state index contributed by atoms with van der Waals surface area (Å²) in [4.78, 5) is 14.0. The highest BCUT2D eigenvalue weighted by Gasteiger charge is 2.15. The number of aryl methyl sites for hydroxylation is 1. The number of carbonyl (C=O) groups is 1. The second-order valence-electron chi connectivity index (χ2n) is 4.75. The number of rotatable bonds is 3. The third kappa shape index (κ3) is 3.11. The van der Waals surface area contributed by atoms with Crippen molar-refractivity contribution in [3.8, 4) is 5.75 Å².